The van der Waals surface area contributed by atoms with E-state index in [9.17, 15) is 4.79 Å². The largest absolute Gasteiger partial charge is 0.314 e. The smallest absolute Gasteiger partial charge is 0.202 e. The summed E-state index contributed by atoms with van der Waals surface area (Å²) in [5, 5.41) is 7.49. The molecule has 1 aromatic heterocycles. The number of ketones is 1. The van der Waals surface area contributed by atoms with E-state index in [1.807, 2.05) is 20.9 Å². The van der Waals surface area contributed by atoms with Crippen LogP contribution in [0.1, 0.15) is 24.3 Å². The quantitative estimate of drug-likeness (QED) is 0.766. The highest BCUT2D eigenvalue weighted by Gasteiger charge is 2.36. The highest BCUT2D eigenvalue weighted by Crippen LogP contribution is 2.20. The van der Waals surface area contributed by atoms with E-state index in [-0.39, 0.29) is 5.78 Å². The molecule has 0 bridgehead atoms. The number of carbonyl (C=O) groups is 1. The van der Waals surface area contributed by atoms with Crippen LogP contribution in [0.3, 0.4) is 0 Å². The second-order valence-electron chi connectivity index (χ2n) is 5.00. The van der Waals surface area contributed by atoms with Gasteiger partial charge in [0, 0.05) is 39.4 Å². The van der Waals surface area contributed by atoms with Gasteiger partial charge in [0.25, 0.3) is 0 Å². The maximum absolute atomic E-state index is 12.4. The van der Waals surface area contributed by atoms with Gasteiger partial charge in [0.1, 0.15) is 5.69 Å². The topological polar surface area (TPSA) is 50.2 Å². The van der Waals surface area contributed by atoms with E-state index in [1.165, 1.54) is 0 Å². The molecule has 1 aromatic rings. The van der Waals surface area contributed by atoms with Gasteiger partial charge in [-0.3, -0.25) is 14.4 Å². The van der Waals surface area contributed by atoms with Crippen LogP contribution in [-0.4, -0.2) is 52.2 Å². The van der Waals surface area contributed by atoms with Gasteiger partial charge >= 0.3 is 0 Å². The van der Waals surface area contributed by atoms with Crippen LogP contribution in [0.5, 0.6) is 0 Å². The molecule has 2 rings (SSSR count). The van der Waals surface area contributed by atoms with Crippen molar-refractivity contribution in [2.24, 2.45) is 7.05 Å². The minimum Gasteiger partial charge on any atom is -0.314 e. The van der Waals surface area contributed by atoms with Crippen LogP contribution in [0.4, 0.5) is 0 Å². The van der Waals surface area contributed by atoms with E-state index in [0.717, 1.165) is 26.2 Å². The van der Waals surface area contributed by atoms with Gasteiger partial charge in [0.15, 0.2) is 0 Å². The molecule has 0 unspecified atom stereocenters. The summed E-state index contributed by atoms with van der Waals surface area (Å²) >= 11 is 0. The Labute approximate surface area is 102 Å². The summed E-state index contributed by atoms with van der Waals surface area (Å²) in [7, 11) is 1.83. The molecule has 0 atom stereocenters. The van der Waals surface area contributed by atoms with Crippen LogP contribution in [-0.2, 0) is 7.05 Å². The Balaban J connectivity index is 2.16. The molecule has 2 heterocycles. The third-order valence-corrected chi connectivity index (χ3v) is 3.41. The van der Waals surface area contributed by atoms with Crippen LogP contribution < -0.4 is 5.32 Å². The molecule has 0 aromatic carbocycles. The third kappa shape index (κ3) is 2.40. The summed E-state index contributed by atoms with van der Waals surface area (Å²) in [5.41, 5.74) is 0.0761. The lowest BCUT2D eigenvalue weighted by molar-refractivity contribution is 0.0596. The minimum absolute atomic E-state index is 0.0972. The highest BCUT2D eigenvalue weighted by atomic mass is 16.1. The van der Waals surface area contributed by atoms with Crippen LogP contribution in [0, 0.1) is 0 Å². The Morgan fingerprint density at radius 2 is 2.06 bits per heavy atom. The zero-order chi connectivity index (χ0) is 12.5. The number of hydrogen-bond donors (Lipinski definition) is 1. The average Bonchev–Trinajstić information content (AvgIpc) is 2.76. The zero-order valence-corrected chi connectivity index (χ0v) is 10.7. The lowest BCUT2D eigenvalue weighted by Crippen LogP contribution is -2.57. The van der Waals surface area contributed by atoms with Crippen LogP contribution >= 0.6 is 0 Å². The van der Waals surface area contributed by atoms with E-state index < -0.39 is 5.54 Å². The van der Waals surface area contributed by atoms with E-state index >= 15 is 0 Å². The van der Waals surface area contributed by atoms with Crippen molar-refractivity contribution in [2.45, 2.75) is 19.4 Å². The molecule has 0 aliphatic carbocycles. The number of hydrogen-bond acceptors (Lipinski definition) is 4. The zero-order valence-electron chi connectivity index (χ0n) is 10.7. The molecule has 0 radical (unpaired) electrons. The fourth-order valence-electron chi connectivity index (χ4n) is 2.22. The van der Waals surface area contributed by atoms with Crippen molar-refractivity contribution >= 4 is 5.78 Å². The van der Waals surface area contributed by atoms with Crippen LogP contribution in [0.25, 0.3) is 0 Å². The van der Waals surface area contributed by atoms with Gasteiger partial charge in [-0.25, -0.2) is 0 Å². The molecule has 1 aliphatic heterocycles. The summed E-state index contributed by atoms with van der Waals surface area (Å²) in [6.45, 7) is 7.67. The van der Waals surface area contributed by atoms with Crippen molar-refractivity contribution in [3.8, 4) is 0 Å². The van der Waals surface area contributed by atoms with Crippen molar-refractivity contribution in [3.05, 3.63) is 18.0 Å². The van der Waals surface area contributed by atoms with Crippen LogP contribution in [0.2, 0.25) is 0 Å². The van der Waals surface area contributed by atoms with E-state index in [0.29, 0.717) is 5.69 Å². The highest BCUT2D eigenvalue weighted by molar-refractivity contribution is 6.01. The Morgan fingerprint density at radius 3 is 2.59 bits per heavy atom. The first kappa shape index (κ1) is 12.3. The van der Waals surface area contributed by atoms with Crippen molar-refractivity contribution < 1.29 is 4.79 Å². The summed E-state index contributed by atoms with van der Waals surface area (Å²) in [5.74, 6) is 0.0972. The molecule has 5 heteroatoms. The van der Waals surface area contributed by atoms with E-state index in [1.54, 1.807) is 16.9 Å². The number of Topliss-reactive ketones (excluding diaryl/α,β-unsaturated/α-hetero) is 1. The Morgan fingerprint density at radius 1 is 1.41 bits per heavy atom. The minimum atomic E-state index is -0.476. The molecule has 0 saturated carbocycles. The molecule has 94 valence electrons. The summed E-state index contributed by atoms with van der Waals surface area (Å²) in [6, 6.07) is 1.78. The van der Waals surface area contributed by atoms with Crippen molar-refractivity contribution in [3.63, 3.8) is 0 Å². The number of nitrogens with zero attached hydrogens (tertiary/aromatic N) is 3. The maximum atomic E-state index is 12.4. The second-order valence-corrected chi connectivity index (χ2v) is 5.00. The summed E-state index contributed by atoms with van der Waals surface area (Å²) < 4.78 is 1.67. The molecule has 1 fully saturated rings. The first-order valence-electron chi connectivity index (χ1n) is 6.02. The van der Waals surface area contributed by atoms with Gasteiger partial charge in [-0.05, 0) is 19.9 Å². The molecule has 1 N–H and O–H groups in total. The normalized spacial score (nSPS) is 18.3. The first-order chi connectivity index (χ1) is 8.01. The standard InChI is InChI=1S/C12H20N4O/c1-12(2,16-8-5-13-6-9-16)11(17)10-4-7-15(3)14-10/h4,7,13H,5-6,8-9H2,1-3H3. The predicted octanol–water partition coefficient (Wildman–Crippen LogP) is 0.287. The monoisotopic (exact) mass is 236 g/mol. The molecule has 17 heavy (non-hydrogen) atoms. The van der Waals surface area contributed by atoms with Crippen molar-refractivity contribution in [1.82, 2.24) is 20.0 Å². The number of piperazine rings is 1. The average molecular weight is 236 g/mol. The van der Waals surface area contributed by atoms with Gasteiger partial charge in [-0.1, -0.05) is 0 Å². The van der Waals surface area contributed by atoms with Crippen molar-refractivity contribution in [1.29, 1.82) is 0 Å². The summed E-state index contributed by atoms with van der Waals surface area (Å²) in [6.07, 6.45) is 1.81. The molecule has 0 amide bonds. The number of nitrogens with one attached hydrogen (secondary N) is 1. The summed E-state index contributed by atoms with van der Waals surface area (Å²) in [4.78, 5) is 14.7. The SMILES string of the molecule is Cn1ccc(C(=O)C(C)(C)N2CCNCC2)n1. The first-order valence-corrected chi connectivity index (χ1v) is 6.02. The lowest BCUT2D eigenvalue weighted by Gasteiger charge is -2.39. The fraction of sp³-hybridized carbons (Fsp3) is 0.667. The fourth-order valence-corrected chi connectivity index (χ4v) is 2.22. The molecule has 5 nitrogen and oxygen atoms in total. The van der Waals surface area contributed by atoms with Crippen molar-refractivity contribution in [2.75, 3.05) is 26.2 Å². The number of aromatic nitrogens is 2. The molecular weight excluding hydrogens is 216 g/mol. The molecular formula is C12H20N4O. The Hall–Kier alpha value is -1.20. The molecule has 1 aliphatic rings. The Bertz CT molecular complexity index is 404. The number of rotatable bonds is 3. The van der Waals surface area contributed by atoms with Crippen LogP contribution in [0.15, 0.2) is 12.3 Å². The number of carbonyl (C=O) groups excluding carboxylic acids is 1. The van der Waals surface area contributed by atoms with Gasteiger partial charge in [-0.15, -0.1) is 0 Å². The van der Waals surface area contributed by atoms with Gasteiger partial charge < -0.3 is 5.32 Å². The van der Waals surface area contributed by atoms with Gasteiger partial charge in [0.05, 0.1) is 5.54 Å². The molecule has 1 saturated heterocycles. The lowest BCUT2D eigenvalue weighted by atomic mass is 9.93. The van der Waals surface area contributed by atoms with E-state index in [4.69, 9.17) is 0 Å². The Kier molecular flexibility index (Phi) is 3.31. The molecule has 0 spiro atoms. The van der Waals surface area contributed by atoms with Gasteiger partial charge in [0.2, 0.25) is 5.78 Å². The van der Waals surface area contributed by atoms with Gasteiger partial charge in [-0.2, -0.15) is 5.10 Å². The number of aryl methyl sites for hydroxylation is 1. The van der Waals surface area contributed by atoms with E-state index in [2.05, 4.69) is 15.3 Å². The maximum Gasteiger partial charge on any atom is 0.202 e. The second kappa shape index (κ2) is 4.58. The third-order valence-electron chi connectivity index (χ3n) is 3.41. The predicted molar refractivity (Wildman–Crippen MR) is 66.1 cm³/mol.